The van der Waals surface area contributed by atoms with E-state index in [-0.39, 0.29) is 31.4 Å². The van der Waals surface area contributed by atoms with Crippen LogP contribution in [0.5, 0.6) is 0 Å². The number of aromatic nitrogens is 2. The molecule has 3 aromatic rings. The summed E-state index contributed by atoms with van der Waals surface area (Å²) in [6, 6.07) is 12.5. The highest BCUT2D eigenvalue weighted by Crippen LogP contribution is 2.24. The summed E-state index contributed by atoms with van der Waals surface area (Å²) in [6.45, 7) is 8.16. The number of hydrogen-bond acceptors (Lipinski definition) is 5. The molecule has 172 valence electrons. The molecule has 33 heavy (non-hydrogen) atoms. The predicted octanol–water partition coefficient (Wildman–Crippen LogP) is 4.22. The van der Waals surface area contributed by atoms with Gasteiger partial charge < -0.3 is 14.2 Å². The Bertz CT molecular complexity index is 1140. The van der Waals surface area contributed by atoms with Crippen LogP contribution in [-0.2, 0) is 17.8 Å². The van der Waals surface area contributed by atoms with Crippen LogP contribution >= 0.6 is 0 Å². The Morgan fingerprint density at radius 1 is 1.00 bits per heavy atom. The van der Waals surface area contributed by atoms with Gasteiger partial charge in [-0.1, -0.05) is 18.2 Å². The van der Waals surface area contributed by atoms with E-state index in [2.05, 4.69) is 4.98 Å². The normalized spacial score (nSPS) is 10.7. The molecule has 7 heteroatoms. The third-order valence-corrected chi connectivity index (χ3v) is 5.60. The second-order valence-electron chi connectivity index (χ2n) is 7.70. The van der Waals surface area contributed by atoms with Gasteiger partial charge in [-0.05, 0) is 63.1 Å². The van der Waals surface area contributed by atoms with E-state index in [0.29, 0.717) is 34.6 Å². The monoisotopic (exact) mass is 447 g/mol. The van der Waals surface area contributed by atoms with Crippen molar-refractivity contribution in [3.05, 3.63) is 88.5 Å². The summed E-state index contributed by atoms with van der Waals surface area (Å²) < 4.78 is 7.01. The van der Waals surface area contributed by atoms with Crippen molar-refractivity contribution in [2.45, 2.75) is 40.8 Å². The molecule has 2 heterocycles. The third kappa shape index (κ3) is 5.19. The number of rotatable bonds is 9. The van der Waals surface area contributed by atoms with Gasteiger partial charge in [-0.2, -0.15) is 0 Å². The Balaban J connectivity index is 1.97. The van der Waals surface area contributed by atoms with Crippen molar-refractivity contribution in [1.29, 1.82) is 0 Å². The summed E-state index contributed by atoms with van der Waals surface area (Å²) in [4.78, 5) is 44.9. The molecule has 0 saturated carbocycles. The molecule has 0 aliphatic carbocycles. The van der Waals surface area contributed by atoms with E-state index in [9.17, 15) is 14.4 Å². The highest BCUT2D eigenvalue weighted by Gasteiger charge is 2.28. The zero-order valence-corrected chi connectivity index (χ0v) is 19.5. The average molecular weight is 448 g/mol. The lowest BCUT2D eigenvalue weighted by atomic mass is 10.0. The summed E-state index contributed by atoms with van der Waals surface area (Å²) in [5.41, 5.74) is 3.49. The van der Waals surface area contributed by atoms with Crippen molar-refractivity contribution < 1.29 is 19.1 Å². The van der Waals surface area contributed by atoms with Crippen molar-refractivity contribution in [2.24, 2.45) is 0 Å². The van der Waals surface area contributed by atoms with Crippen LogP contribution in [0.25, 0.3) is 0 Å². The summed E-state index contributed by atoms with van der Waals surface area (Å²) in [5, 5.41) is 0. The molecule has 1 amide bonds. The van der Waals surface area contributed by atoms with Gasteiger partial charge in [0.25, 0.3) is 5.91 Å². The Labute approximate surface area is 194 Å². The van der Waals surface area contributed by atoms with Gasteiger partial charge in [0.2, 0.25) is 0 Å². The van der Waals surface area contributed by atoms with E-state index >= 15 is 0 Å². The minimum atomic E-state index is -0.451. The molecule has 0 fully saturated rings. The molecule has 7 nitrogen and oxygen atoms in total. The topological polar surface area (TPSA) is 81.5 Å². The number of esters is 1. The van der Waals surface area contributed by atoms with E-state index in [0.717, 1.165) is 5.56 Å². The lowest BCUT2D eigenvalue weighted by molar-refractivity contribution is 0.0512. The molecule has 3 rings (SSSR count). The van der Waals surface area contributed by atoms with E-state index in [1.54, 1.807) is 55.1 Å². The van der Waals surface area contributed by atoms with E-state index < -0.39 is 5.97 Å². The number of carbonyl (C=O) groups excluding carboxylic acids is 3. The molecule has 0 atom stereocenters. The van der Waals surface area contributed by atoms with E-state index in [1.807, 2.05) is 32.0 Å². The summed E-state index contributed by atoms with van der Waals surface area (Å²) in [7, 11) is 0. The van der Waals surface area contributed by atoms with Crippen LogP contribution in [-0.4, -0.2) is 45.3 Å². The maximum Gasteiger partial charge on any atom is 0.355 e. The van der Waals surface area contributed by atoms with Crippen LogP contribution in [0.3, 0.4) is 0 Å². The second kappa shape index (κ2) is 10.7. The smallest absolute Gasteiger partial charge is 0.355 e. The second-order valence-corrected chi connectivity index (χ2v) is 7.70. The number of benzene rings is 1. The highest BCUT2D eigenvalue weighted by atomic mass is 16.5. The number of amides is 1. The molecule has 0 aliphatic heterocycles. The molecule has 0 saturated heterocycles. The Hall–Kier alpha value is -3.74. The molecular formula is C26H29N3O4. The first-order chi connectivity index (χ1) is 15.9. The maximum atomic E-state index is 13.5. The molecule has 0 aliphatic rings. The number of nitrogens with zero attached hydrogens (tertiary/aromatic N) is 3. The molecular weight excluding hydrogens is 418 g/mol. The number of ether oxygens (including phenoxy) is 1. The van der Waals surface area contributed by atoms with Gasteiger partial charge >= 0.3 is 5.97 Å². The van der Waals surface area contributed by atoms with Gasteiger partial charge in [0.05, 0.1) is 13.2 Å². The zero-order valence-electron chi connectivity index (χ0n) is 19.5. The van der Waals surface area contributed by atoms with Gasteiger partial charge in [0, 0.05) is 42.3 Å². The summed E-state index contributed by atoms with van der Waals surface area (Å²) >= 11 is 0. The number of hydrogen-bond donors (Lipinski definition) is 0. The fourth-order valence-electron chi connectivity index (χ4n) is 4.09. The van der Waals surface area contributed by atoms with Crippen LogP contribution in [0.15, 0.2) is 54.9 Å². The SMILES string of the molecule is CCOC(=O)c1c(C)c(C(=O)CN(Cc2ccncc2)C(=O)c2ccccc2)c(C)n1CC. The first kappa shape index (κ1) is 23.9. The quantitative estimate of drug-likeness (QED) is 0.362. The van der Waals surface area contributed by atoms with Crippen molar-refractivity contribution in [3.63, 3.8) is 0 Å². The number of ketones is 1. The number of Topliss-reactive ketones (excluding diaryl/α,β-unsaturated/α-hetero) is 1. The van der Waals surface area contributed by atoms with Gasteiger partial charge in [0.1, 0.15) is 5.69 Å². The largest absolute Gasteiger partial charge is 0.461 e. The van der Waals surface area contributed by atoms with Crippen molar-refractivity contribution in [2.75, 3.05) is 13.2 Å². The zero-order chi connectivity index (χ0) is 24.0. The Morgan fingerprint density at radius 2 is 1.67 bits per heavy atom. The first-order valence-electron chi connectivity index (χ1n) is 11.0. The minimum absolute atomic E-state index is 0.117. The molecule has 0 radical (unpaired) electrons. The van der Waals surface area contributed by atoms with Crippen LogP contribution in [0.4, 0.5) is 0 Å². The summed E-state index contributed by atoms with van der Waals surface area (Å²) in [6.07, 6.45) is 3.31. The third-order valence-electron chi connectivity index (χ3n) is 5.60. The highest BCUT2D eigenvalue weighted by molar-refractivity contribution is 6.06. The first-order valence-corrected chi connectivity index (χ1v) is 11.0. The standard InChI is InChI=1S/C26H29N3O4/c1-5-29-19(4)23(18(3)24(29)26(32)33-6-2)22(30)17-28(16-20-12-14-27-15-13-20)25(31)21-10-8-7-9-11-21/h7-15H,5-6,16-17H2,1-4H3. The van der Waals surface area contributed by atoms with Gasteiger partial charge in [-0.3, -0.25) is 14.6 Å². The fraction of sp³-hybridized carbons (Fsp3) is 0.308. The Kier molecular flexibility index (Phi) is 7.77. The van der Waals surface area contributed by atoms with Gasteiger partial charge in [-0.15, -0.1) is 0 Å². The minimum Gasteiger partial charge on any atom is -0.461 e. The number of carbonyl (C=O) groups is 3. The van der Waals surface area contributed by atoms with Crippen molar-refractivity contribution >= 4 is 17.7 Å². The van der Waals surface area contributed by atoms with Gasteiger partial charge in [-0.25, -0.2) is 4.79 Å². The molecule has 0 spiro atoms. The van der Waals surface area contributed by atoms with Crippen LogP contribution in [0, 0.1) is 13.8 Å². The molecule has 1 aromatic carbocycles. The molecule has 0 bridgehead atoms. The lowest BCUT2D eigenvalue weighted by Crippen LogP contribution is -2.35. The fourth-order valence-corrected chi connectivity index (χ4v) is 4.09. The van der Waals surface area contributed by atoms with E-state index in [1.165, 1.54) is 4.90 Å². The Morgan fingerprint density at radius 3 is 2.27 bits per heavy atom. The predicted molar refractivity (Wildman–Crippen MR) is 125 cm³/mol. The lowest BCUT2D eigenvalue weighted by Gasteiger charge is -2.22. The molecule has 0 unspecified atom stereocenters. The van der Waals surface area contributed by atoms with Crippen LogP contribution in [0.2, 0.25) is 0 Å². The van der Waals surface area contributed by atoms with Crippen molar-refractivity contribution in [1.82, 2.24) is 14.5 Å². The molecule has 2 aromatic heterocycles. The molecule has 0 N–H and O–H groups in total. The number of pyridine rings is 1. The maximum absolute atomic E-state index is 13.5. The van der Waals surface area contributed by atoms with Crippen LogP contribution < -0.4 is 0 Å². The van der Waals surface area contributed by atoms with Gasteiger partial charge in [0.15, 0.2) is 5.78 Å². The van der Waals surface area contributed by atoms with Crippen LogP contribution in [0.1, 0.15) is 61.9 Å². The van der Waals surface area contributed by atoms with E-state index in [4.69, 9.17) is 4.74 Å². The average Bonchev–Trinajstić information content (AvgIpc) is 3.08. The summed E-state index contributed by atoms with van der Waals surface area (Å²) in [5.74, 6) is -0.911. The van der Waals surface area contributed by atoms with Crippen molar-refractivity contribution in [3.8, 4) is 0 Å².